The molecule has 2 nitrogen and oxygen atoms in total. The van der Waals surface area contributed by atoms with Crippen molar-refractivity contribution in [2.24, 2.45) is 11.5 Å². The second kappa shape index (κ2) is 8.22. The highest BCUT2D eigenvalue weighted by atomic mass is 14.8. The Labute approximate surface area is 166 Å². The van der Waals surface area contributed by atoms with E-state index in [0.29, 0.717) is 0 Å². The smallest absolute Gasteiger partial charge is 0.0491 e. The lowest BCUT2D eigenvalue weighted by Crippen LogP contribution is -2.26. The Balaban J connectivity index is 1.50. The van der Waals surface area contributed by atoms with Gasteiger partial charge in [0, 0.05) is 12.1 Å². The van der Waals surface area contributed by atoms with Crippen molar-refractivity contribution in [2.45, 2.75) is 12.1 Å². The third-order valence-corrected chi connectivity index (χ3v) is 5.19. The zero-order valence-corrected chi connectivity index (χ0v) is 15.7. The Kier molecular flexibility index (Phi) is 5.34. The molecule has 0 radical (unpaired) electrons. The molecule has 28 heavy (non-hydrogen) atoms. The largest absolute Gasteiger partial charge is 0.322 e. The Morgan fingerprint density at radius 2 is 0.643 bits per heavy atom. The van der Waals surface area contributed by atoms with E-state index in [-0.39, 0.29) is 12.1 Å². The lowest BCUT2D eigenvalue weighted by atomic mass is 9.92. The van der Waals surface area contributed by atoms with Crippen molar-refractivity contribution in [3.8, 4) is 22.3 Å². The van der Waals surface area contributed by atoms with Crippen LogP contribution in [0.3, 0.4) is 0 Å². The minimum atomic E-state index is -0.257. The van der Waals surface area contributed by atoms with E-state index in [1.165, 1.54) is 22.3 Å². The summed E-state index contributed by atoms with van der Waals surface area (Å²) in [6.07, 6.45) is 0. The first-order chi connectivity index (χ1) is 13.7. The van der Waals surface area contributed by atoms with Gasteiger partial charge in [-0.1, -0.05) is 109 Å². The van der Waals surface area contributed by atoms with Crippen molar-refractivity contribution in [1.29, 1.82) is 0 Å². The molecule has 0 aliphatic heterocycles. The van der Waals surface area contributed by atoms with Gasteiger partial charge in [0.1, 0.15) is 0 Å². The molecule has 0 aliphatic rings. The monoisotopic (exact) mass is 364 g/mol. The molecule has 0 saturated heterocycles. The van der Waals surface area contributed by atoms with Crippen LogP contribution in [0, 0.1) is 0 Å². The topological polar surface area (TPSA) is 52.0 Å². The molecule has 138 valence electrons. The predicted molar refractivity (Wildman–Crippen MR) is 118 cm³/mol. The van der Waals surface area contributed by atoms with Gasteiger partial charge in [-0.25, -0.2) is 0 Å². The molecule has 0 heterocycles. The molecule has 0 bridgehead atoms. The summed E-state index contributed by atoms with van der Waals surface area (Å²) in [6.45, 7) is 0. The highest BCUT2D eigenvalue weighted by Gasteiger charge is 2.17. The van der Waals surface area contributed by atoms with Gasteiger partial charge in [0.15, 0.2) is 0 Å². The fourth-order valence-electron chi connectivity index (χ4n) is 3.47. The van der Waals surface area contributed by atoms with Crippen molar-refractivity contribution in [3.63, 3.8) is 0 Å². The highest BCUT2D eigenvalue weighted by Crippen LogP contribution is 2.28. The van der Waals surface area contributed by atoms with Gasteiger partial charge in [-0.15, -0.1) is 0 Å². The van der Waals surface area contributed by atoms with Crippen LogP contribution in [0.15, 0.2) is 109 Å². The van der Waals surface area contributed by atoms with E-state index >= 15 is 0 Å². The maximum atomic E-state index is 6.48. The fraction of sp³-hybridized carbons (Fsp3) is 0.0769. The van der Waals surface area contributed by atoms with Crippen molar-refractivity contribution in [2.75, 3.05) is 0 Å². The lowest BCUT2D eigenvalue weighted by Gasteiger charge is -2.21. The summed E-state index contributed by atoms with van der Waals surface area (Å²) >= 11 is 0. The Morgan fingerprint density at radius 1 is 0.357 bits per heavy atom. The summed E-state index contributed by atoms with van der Waals surface area (Å²) in [5, 5.41) is 0. The highest BCUT2D eigenvalue weighted by molar-refractivity contribution is 5.64. The Hall–Kier alpha value is -3.20. The fourth-order valence-corrected chi connectivity index (χ4v) is 3.47. The molecule has 0 unspecified atom stereocenters. The average Bonchev–Trinajstić information content (AvgIpc) is 2.79. The maximum absolute atomic E-state index is 6.48. The first-order valence-corrected chi connectivity index (χ1v) is 9.54. The van der Waals surface area contributed by atoms with Crippen LogP contribution in [0.1, 0.15) is 23.2 Å². The van der Waals surface area contributed by atoms with Crippen LogP contribution in [0.25, 0.3) is 22.3 Å². The third-order valence-electron chi connectivity index (χ3n) is 5.19. The number of benzene rings is 4. The van der Waals surface area contributed by atoms with E-state index in [0.717, 1.165) is 11.1 Å². The molecule has 0 aliphatic carbocycles. The zero-order valence-electron chi connectivity index (χ0n) is 15.7. The van der Waals surface area contributed by atoms with Crippen molar-refractivity contribution in [1.82, 2.24) is 0 Å². The summed E-state index contributed by atoms with van der Waals surface area (Å²) in [6, 6.07) is 36.9. The van der Waals surface area contributed by atoms with Crippen molar-refractivity contribution >= 4 is 0 Å². The Morgan fingerprint density at radius 3 is 0.964 bits per heavy atom. The van der Waals surface area contributed by atoms with Gasteiger partial charge in [0.2, 0.25) is 0 Å². The van der Waals surface area contributed by atoms with Crippen LogP contribution < -0.4 is 11.5 Å². The molecular weight excluding hydrogens is 340 g/mol. The second-order valence-corrected chi connectivity index (χ2v) is 7.03. The molecule has 4 N–H and O–H groups in total. The molecule has 4 rings (SSSR count). The quantitative estimate of drug-likeness (QED) is 0.476. The molecule has 2 heteroatoms. The van der Waals surface area contributed by atoms with Gasteiger partial charge in [-0.3, -0.25) is 0 Å². The second-order valence-electron chi connectivity index (χ2n) is 7.03. The first kappa shape index (κ1) is 18.2. The summed E-state index contributed by atoms with van der Waals surface area (Å²) < 4.78 is 0. The van der Waals surface area contributed by atoms with Crippen molar-refractivity contribution in [3.05, 3.63) is 120 Å². The Bertz CT molecular complexity index is 920. The van der Waals surface area contributed by atoms with E-state index in [4.69, 9.17) is 11.5 Å². The van der Waals surface area contributed by atoms with Crippen LogP contribution >= 0.6 is 0 Å². The molecular formula is C26H24N2. The third kappa shape index (κ3) is 3.89. The van der Waals surface area contributed by atoms with E-state index in [1.54, 1.807) is 0 Å². The van der Waals surface area contributed by atoms with Crippen LogP contribution in [-0.2, 0) is 0 Å². The molecule has 4 aromatic carbocycles. The van der Waals surface area contributed by atoms with Crippen molar-refractivity contribution < 1.29 is 0 Å². The predicted octanol–water partition coefficient (Wildman–Crippen LogP) is 5.72. The van der Waals surface area contributed by atoms with E-state index in [1.807, 2.05) is 36.4 Å². The minimum absolute atomic E-state index is 0.257. The minimum Gasteiger partial charge on any atom is -0.322 e. The molecule has 0 amide bonds. The molecule has 0 aromatic heterocycles. The number of rotatable bonds is 5. The summed E-state index contributed by atoms with van der Waals surface area (Å²) in [5.41, 5.74) is 19.8. The number of hydrogen-bond acceptors (Lipinski definition) is 2. The van der Waals surface area contributed by atoms with E-state index in [9.17, 15) is 0 Å². The molecule has 0 spiro atoms. The van der Waals surface area contributed by atoms with Gasteiger partial charge in [0.25, 0.3) is 0 Å². The maximum Gasteiger partial charge on any atom is 0.0491 e. The summed E-state index contributed by atoms with van der Waals surface area (Å²) in [7, 11) is 0. The number of nitrogens with two attached hydrogens (primary N) is 2. The normalized spacial score (nSPS) is 13.1. The number of hydrogen-bond donors (Lipinski definition) is 2. The van der Waals surface area contributed by atoms with Gasteiger partial charge in [-0.05, 0) is 33.4 Å². The zero-order chi connectivity index (χ0) is 19.3. The average molecular weight is 364 g/mol. The standard InChI is InChI=1S/C26H24N2/c27-25(23-15-11-21(12-16-23)19-7-3-1-4-8-19)26(28)24-17-13-22(14-18-24)20-9-5-2-6-10-20/h1-18,25-26H,27-28H2/t25-,26-/m0/s1. The summed E-state index contributed by atoms with van der Waals surface area (Å²) in [5.74, 6) is 0. The van der Waals surface area contributed by atoms with Crippen LogP contribution in [0.5, 0.6) is 0 Å². The molecule has 4 aromatic rings. The van der Waals surface area contributed by atoms with Crippen LogP contribution in [0.4, 0.5) is 0 Å². The van der Waals surface area contributed by atoms with Gasteiger partial charge in [0.05, 0.1) is 0 Å². The van der Waals surface area contributed by atoms with E-state index in [2.05, 4.69) is 72.8 Å². The molecule has 0 saturated carbocycles. The van der Waals surface area contributed by atoms with Gasteiger partial charge >= 0.3 is 0 Å². The molecule has 0 fully saturated rings. The first-order valence-electron chi connectivity index (χ1n) is 9.54. The summed E-state index contributed by atoms with van der Waals surface area (Å²) in [4.78, 5) is 0. The van der Waals surface area contributed by atoms with E-state index < -0.39 is 0 Å². The van der Waals surface area contributed by atoms with Crippen LogP contribution in [-0.4, -0.2) is 0 Å². The van der Waals surface area contributed by atoms with Gasteiger partial charge < -0.3 is 11.5 Å². The molecule has 2 atom stereocenters. The van der Waals surface area contributed by atoms with Crippen LogP contribution in [0.2, 0.25) is 0 Å². The lowest BCUT2D eigenvalue weighted by molar-refractivity contribution is 0.574. The van der Waals surface area contributed by atoms with Gasteiger partial charge in [-0.2, -0.15) is 0 Å². The SMILES string of the molecule is N[C@@H](c1ccc(-c2ccccc2)cc1)[C@@H](N)c1ccc(-c2ccccc2)cc1.